The van der Waals surface area contributed by atoms with Crippen LogP contribution >= 0.6 is 11.3 Å². The number of nitrogens with zero attached hydrogens (tertiary/aromatic N) is 1. The van der Waals surface area contributed by atoms with Gasteiger partial charge in [0.25, 0.3) is 0 Å². The van der Waals surface area contributed by atoms with Gasteiger partial charge in [0.2, 0.25) is 5.91 Å². The molecule has 98 valence electrons. The van der Waals surface area contributed by atoms with Crippen molar-refractivity contribution in [2.75, 3.05) is 6.61 Å². The molecule has 7 heteroatoms. The van der Waals surface area contributed by atoms with Crippen LogP contribution in [0.2, 0.25) is 0 Å². The smallest absolute Gasteiger partial charge is 0.347 e. The normalized spacial score (nSPS) is 18.8. The number of aromatic nitrogens is 1. The number of ether oxygens (including phenoxy) is 1. The molecule has 18 heavy (non-hydrogen) atoms. The fraction of sp³-hybridized carbons (Fsp3) is 0.545. The van der Waals surface area contributed by atoms with Gasteiger partial charge >= 0.3 is 5.97 Å². The molecule has 1 aliphatic rings. The molecule has 0 aromatic carbocycles. The molecular weight excluding hydrogens is 256 g/mol. The van der Waals surface area contributed by atoms with Crippen LogP contribution in [0, 0.1) is 6.92 Å². The summed E-state index contributed by atoms with van der Waals surface area (Å²) < 4.78 is 5.25. The summed E-state index contributed by atoms with van der Waals surface area (Å²) in [6.07, 6.45) is 1.27. The van der Waals surface area contributed by atoms with Crippen LogP contribution in [0.1, 0.15) is 33.2 Å². The van der Waals surface area contributed by atoms with Gasteiger partial charge in [0.15, 0.2) is 0 Å². The highest BCUT2D eigenvalue weighted by molar-refractivity contribution is 7.13. The quantitative estimate of drug-likeness (QED) is 0.850. The van der Waals surface area contributed by atoms with E-state index in [1.807, 2.05) is 0 Å². The monoisotopic (exact) mass is 270 g/mol. The molecule has 6 nitrogen and oxygen atoms in total. The number of hydrogen-bond acceptors (Lipinski definition) is 5. The molecule has 0 unspecified atom stereocenters. The standard InChI is InChI=1S/C11H14N2O4S/c1-6-9(11(15)16)18-8(13-6)5-12-10(14)7-3-2-4-17-7/h7H,2-5H2,1H3,(H,12,14)(H,15,16)/t7-/m0/s1. The number of carboxylic acid groups (broad SMARTS) is 1. The van der Waals surface area contributed by atoms with E-state index in [9.17, 15) is 9.59 Å². The van der Waals surface area contributed by atoms with Crippen molar-refractivity contribution in [3.8, 4) is 0 Å². The second kappa shape index (κ2) is 5.45. The number of amides is 1. The summed E-state index contributed by atoms with van der Waals surface area (Å²) in [7, 11) is 0. The molecule has 1 aromatic rings. The van der Waals surface area contributed by atoms with Crippen LogP contribution in [0.15, 0.2) is 0 Å². The number of thiazole rings is 1. The van der Waals surface area contributed by atoms with Crippen LogP contribution in [0.25, 0.3) is 0 Å². The SMILES string of the molecule is Cc1nc(CNC(=O)[C@@H]2CCCO2)sc1C(=O)O. The maximum absolute atomic E-state index is 11.7. The highest BCUT2D eigenvalue weighted by atomic mass is 32.1. The number of rotatable bonds is 4. The first kappa shape index (κ1) is 13.0. The predicted octanol–water partition coefficient (Wildman–Crippen LogP) is 0.945. The molecule has 1 aromatic heterocycles. The van der Waals surface area contributed by atoms with E-state index in [1.165, 1.54) is 0 Å². The van der Waals surface area contributed by atoms with E-state index >= 15 is 0 Å². The topological polar surface area (TPSA) is 88.5 Å². The molecule has 2 rings (SSSR count). The van der Waals surface area contributed by atoms with Crippen molar-refractivity contribution in [2.24, 2.45) is 0 Å². The molecule has 0 saturated carbocycles. The molecular formula is C11H14N2O4S. The Bertz CT molecular complexity index is 466. The lowest BCUT2D eigenvalue weighted by Crippen LogP contribution is -2.33. The Hall–Kier alpha value is -1.47. The van der Waals surface area contributed by atoms with E-state index in [2.05, 4.69) is 10.3 Å². The lowest BCUT2D eigenvalue weighted by Gasteiger charge is -2.08. The van der Waals surface area contributed by atoms with Gasteiger partial charge in [-0.2, -0.15) is 0 Å². The zero-order chi connectivity index (χ0) is 13.1. The van der Waals surface area contributed by atoms with Crippen LogP contribution < -0.4 is 5.32 Å². The zero-order valence-electron chi connectivity index (χ0n) is 9.93. The molecule has 0 spiro atoms. The molecule has 0 aliphatic carbocycles. The average Bonchev–Trinajstić information content (AvgIpc) is 2.94. The number of carboxylic acids is 1. The number of carbonyl (C=O) groups excluding carboxylic acids is 1. The van der Waals surface area contributed by atoms with Crippen LogP contribution in [0.4, 0.5) is 0 Å². The van der Waals surface area contributed by atoms with Crippen LogP contribution in [0.3, 0.4) is 0 Å². The molecule has 1 amide bonds. The molecule has 2 N–H and O–H groups in total. The Labute approximate surface area is 108 Å². The minimum Gasteiger partial charge on any atom is -0.477 e. The van der Waals surface area contributed by atoms with Gasteiger partial charge in [0.05, 0.1) is 12.2 Å². The van der Waals surface area contributed by atoms with Crippen LogP contribution in [-0.2, 0) is 16.1 Å². The highest BCUT2D eigenvalue weighted by Crippen LogP contribution is 2.18. The summed E-state index contributed by atoms with van der Waals surface area (Å²) in [5.74, 6) is -1.14. The van der Waals surface area contributed by atoms with Gasteiger partial charge < -0.3 is 15.2 Å². The van der Waals surface area contributed by atoms with Gasteiger partial charge in [-0.3, -0.25) is 4.79 Å². The Kier molecular flexibility index (Phi) is 3.93. The number of carbonyl (C=O) groups is 2. The van der Waals surface area contributed by atoms with Crippen LogP contribution in [-0.4, -0.2) is 34.7 Å². The number of aromatic carboxylic acids is 1. The third-order valence-electron chi connectivity index (χ3n) is 2.67. The minimum atomic E-state index is -0.985. The fourth-order valence-electron chi connectivity index (χ4n) is 1.79. The average molecular weight is 270 g/mol. The van der Waals surface area contributed by atoms with E-state index in [4.69, 9.17) is 9.84 Å². The van der Waals surface area contributed by atoms with Crippen molar-refractivity contribution in [1.82, 2.24) is 10.3 Å². The second-order valence-corrected chi connectivity index (χ2v) is 5.13. The summed E-state index contributed by atoms with van der Waals surface area (Å²) in [6.45, 7) is 2.51. The molecule has 1 atom stereocenters. The molecule has 2 heterocycles. The van der Waals surface area contributed by atoms with Crippen molar-refractivity contribution in [3.63, 3.8) is 0 Å². The van der Waals surface area contributed by atoms with Crippen molar-refractivity contribution in [3.05, 3.63) is 15.6 Å². The molecule has 1 aliphatic heterocycles. The second-order valence-electron chi connectivity index (χ2n) is 4.05. The molecule has 1 saturated heterocycles. The Morgan fingerprint density at radius 1 is 1.61 bits per heavy atom. The predicted molar refractivity (Wildman–Crippen MR) is 64.6 cm³/mol. The third kappa shape index (κ3) is 2.85. The summed E-state index contributed by atoms with van der Waals surface area (Å²) in [4.78, 5) is 26.8. The first-order valence-corrected chi connectivity index (χ1v) is 6.48. The van der Waals surface area contributed by atoms with E-state index in [1.54, 1.807) is 6.92 Å². The summed E-state index contributed by atoms with van der Waals surface area (Å²) >= 11 is 1.09. The van der Waals surface area contributed by atoms with Gasteiger partial charge in [-0.1, -0.05) is 0 Å². The van der Waals surface area contributed by atoms with Gasteiger partial charge in [0, 0.05) is 6.61 Å². The van der Waals surface area contributed by atoms with Gasteiger partial charge in [-0.15, -0.1) is 11.3 Å². The molecule has 1 fully saturated rings. The van der Waals surface area contributed by atoms with E-state index in [0.717, 1.165) is 24.2 Å². The van der Waals surface area contributed by atoms with E-state index < -0.39 is 5.97 Å². The minimum absolute atomic E-state index is 0.155. The number of aryl methyl sites for hydroxylation is 1. The van der Waals surface area contributed by atoms with E-state index in [-0.39, 0.29) is 23.4 Å². The first-order valence-electron chi connectivity index (χ1n) is 5.67. The maximum Gasteiger partial charge on any atom is 0.347 e. The Morgan fingerprint density at radius 3 is 2.94 bits per heavy atom. The van der Waals surface area contributed by atoms with Crippen molar-refractivity contribution in [2.45, 2.75) is 32.4 Å². The zero-order valence-corrected chi connectivity index (χ0v) is 10.7. The summed E-state index contributed by atoms with van der Waals surface area (Å²) in [5.41, 5.74) is 0.480. The largest absolute Gasteiger partial charge is 0.477 e. The fourth-order valence-corrected chi connectivity index (χ4v) is 2.63. The summed E-state index contributed by atoms with van der Waals surface area (Å²) in [6, 6.07) is 0. The van der Waals surface area contributed by atoms with Gasteiger partial charge in [-0.05, 0) is 19.8 Å². The van der Waals surface area contributed by atoms with Crippen LogP contribution in [0.5, 0.6) is 0 Å². The van der Waals surface area contributed by atoms with E-state index in [0.29, 0.717) is 17.3 Å². The number of nitrogens with one attached hydrogen (secondary N) is 1. The van der Waals surface area contributed by atoms with Gasteiger partial charge in [0.1, 0.15) is 16.0 Å². The lowest BCUT2D eigenvalue weighted by molar-refractivity contribution is -0.130. The third-order valence-corrected chi connectivity index (χ3v) is 3.82. The number of hydrogen-bond donors (Lipinski definition) is 2. The van der Waals surface area contributed by atoms with Crippen molar-refractivity contribution < 1.29 is 19.4 Å². The Morgan fingerprint density at radius 2 is 2.39 bits per heavy atom. The first-order chi connectivity index (χ1) is 8.58. The van der Waals surface area contributed by atoms with Crippen molar-refractivity contribution >= 4 is 23.2 Å². The molecule has 0 bridgehead atoms. The summed E-state index contributed by atoms with van der Waals surface area (Å²) in [5, 5.41) is 12.2. The van der Waals surface area contributed by atoms with Crippen molar-refractivity contribution in [1.29, 1.82) is 0 Å². The molecule has 0 radical (unpaired) electrons. The lowest BCUT2D eigenvalue weighted by atomic mass is 10.2. The Balaban J connectivity index is 1.91. The highest BCUT2D eigenvalue weighted by Gasteiger charge is 2.23. The maximum atomic E-state index is 11.7. The van der Waals surface area contributed by atoms with Gasteiger partial charge in [-0.25, -0.2) is 9.78 Å².